The predicted octanol–water partition coefficient (Wildman–Crippen LogP) is 2.90. The van der Waals surface area contributed by atoms with E-state index in [2.05, 4.69) is 27.4 Å². The van der Waals surface area contributed by atoms with Gasteiger partial charge >= 0.3 is 0 Å². The summed E-state index contributed by atoms with van der Waals surface area (Å²) in [5, 5.41) is 4.07. The summed E-state index contributed by atoms with van der Waals surface area (Å²) in [5.41, 5.74) is 0.759. The molecule has 0 bridgehead atoms. The SMILES string of the molecule is Fc1ccc2ncnc(NC3CC=CC3)c2c1. The first-order chi connectivity index (χ1) is 8.33. The van der Waals surface area contributed by atoms with E-state index in [4.69, 9.17) is 0 Å². The van der Waals surface area contributed by atoms with Crippen LogP contribution < -0.4 is 5.32 Å². The Hall–Kier alpha value is -1.97. The van der Waals surface area contributed by atoms with E-state index >= 15 is 0 Å². The number of anilines is 1. The van der Waals surface area contributed by atoms with Crippen LogP contribution in [-0.2, 0) is 0 Å². The van der Waals surface area contributed by atoms with Crippen molar-refractivity contribution in [3.05, 3.63) is 42.5 Å². The average molecular weight is 229 g/mol. The minimum Gasteiger partial charge on any atom is -0.366 e. The fourth-order valence-electron chi connectivity index (χ4n) is 2.07. The maximum atomic E-state index is 13.2. The molecule has 0 aliphatic heterocycles. The Balaban J connectivity index is 2.00. The zero-order valence-electron chi connectivity index (χ0n) is 9.23. The maximum Gasteiger partial charge on any atom is 0.137 e. The quantitative estimate of drug-likeness (QED) is 0.804. The number of rotatable bonds is 2. The molecule has 2 aromatic rings. The van der Waals surface area contributed by atoms with Crippen molar-refractivity contribution in [1.29, 1.82) is 0 Å². The van der Waals surface area contributed by atoms with Gasteiger partial charge < -0.3 is 5.32 Å². The van der Waals surface area contributed by atoms with Gasteiger partial charge in [-0.3, -0.25) is 0 Å². The van der Waals surface area contributed by atoms with Gasteiger partial charge in [-0.2, -0.15) is 0 Å². The molecule has 0 radical (unpaired) electrons. The molecule has 1 aliphatic carbocycles. The van der Waals surface area contributed by atoms with Crippen LogP contribution in [0, 0.1) is 5.82 Å². The third-order valence-electron chi connectivity index (χ3n) is 2.95. The Morgan fingerprint density at radius 1 is 1.18 bits per heavy atom. The van der Waals surface area contributed by atoms with Gasteiger partial charge in [0.1, 0.15) is 18.0 Å². The first-order valence-corrected chi connectivity index (χ1v) is 5.65. The lowest BCUT2D eigenvalue weighted by Crippen LogP contribution is -2.16. The van der Waals surface area contributed by atoms with Crippen molar-refractivity contribution >= 4 is 16.7 Å². The molecule has 3 nitrogen and oxygen atoms in total. The molecule has 1 N–H and O–H groups in total. The highest BCUT2D eigenvalue weighted by Crippen LogP contribution is 2.23. The molecule has 0 atom stereocenters. The van der Waals surface area contributed by atoms with Gasteiger partial charge in [0.05, 0.1) is 5.52 Å². The summed E-state index contributed by atoms with van der Waals surface area (Å²) in [7, 11) is 0. The van der Waals surface area contributed by atoms with Gasteiger partial charge in [-0.1, -0.05) is 12.2 Å². The molecule has 1 aromatic heterocycles. The van der Waals surface area contributed by atoms with Gasteiger partial charge in [0.25, 0.3) is 0 Å². The van der Waals surface area contributed by atoms with E-state index < -0.39 is 0 Å². The minimum atomic E-state index is -0.264. The smallest absolute Gasteiger partial charge is 0.137 e. The van der Waals surface area contributed by atoms with E-state index in [9.17, 15) is 4.39 Å². The summed E-state index contributed by atoms with van der Waals surface area (Å²) in [5.74, 6) is 0.447. The molecule has 0 unspecified atom stereocenters. The lowest BCUT2D eigenvalue weighted by atomic mass is 10.2. The molecular formula is C13H12FN3. The Kier molecular flexibility index (Phi) is 2.48. The number of nitrogens with zero attached hydrogens (tertiary/aromatic N) is 2. The molecule has 0 fully saturated rings. The second-order valence-electron chi connectivity index (χ2n) is 4.17. The minimum absolute atomic E-state index is 0.264. The van der Waals surface area contributed by atoms with Crippen LogP contribution in [-0.4, -0.2) is 16.0 Å². The highest BCUT2D eigenvalue weighted by atomic mass is 19.1. The van der Waals surface area contributed by atoms with Crippen molar-refractivity contribution in [1.82, 2.24) is 9.97 Å². The highest BCUT2D eigenvalue weighted by Gasteiger charge is 2.12. The monoisotopic (exact) mass is 229 g/mol. The molecule has 86 valence electrons. The first-order valence-electron chi connectivity index (χ1n) is 5.65. The van der Waals surface area contributed by atoms with Gasteiger partial charge in [0, 0.05) is 11.4 Å². The van der Waals surface area contributed by atoms with Crippen LogP contribution >= 0.6 is 0 Å². The molecule has 4 heteroatoms. The van der Waals surface area contributed by atoms with Crippen LogP contribution in [0.1, 0.15) is 12.8 Å². The second kappa shape index (κ2) is 4.13. The van der Waals surface area contributed by atoms with Crippen molar-refractivity contribution < 1.29 is 4.39 Å². The molecular weight excluding hydrogens is 217 g/mol. The molecule has 0 spiro atoms. The summed E-state index contributed by atoms with van der Waals surface area (Å²) >= 11 is 0. The Bertz CT molecular complexity index is 572. The molecule has 1 aliphatic rings. The summed E-state index contributed by atoms with van der Waals surface area (Å²) in [6.45, 7) is 0. The molecule has 3 rings (SSSR count). The van der Waals surface area contributed by atoms with Crippen molar-refractivity contribution in [2.75, 3.05) is 5.32 Å². The van der Waals surface area contributed by atoms with Gasteiger partial charge in [-0.05, 0) is 31.0 Å². The number of halogens is 1. The van der Waals surface area contributed by atoms with Crippen LogP contribution in [0.3, 0.4) is 0 Å². The molecule has 17 heavy (non-hydrogen) atoms. The van der Waals surface area contributed by atoms with E-state index in [1.54, 1.807) is 6.07 Å². The third kappa shape index (κ3) is 1.98. The third-order valence-corrected chi connectivity index (χ3v) is 2.95. The topological polar surface area (TPSA) is 37.8 Å². The lowest BCUT2D eigenvalue weighted by Gasteiger charge is -2.14. The van der Waals surface area contributed by atoms with E-state index in [1.165, 1.54) is 18.5 Å². The summed E-state index contributed by atoms with van der Waals surface area (Å²) in [4.78, 5) is 8.32. The standard InChI is InChI=1S/C13H12FN3/c14-9-5-6-12-11(7-9)13(16-8-15-12)17-10-3-1-2-4-10/h1-2,5-8,10H,3-4H2,(H,15,16,17). The number of hydrogen-bond acceptors (Lipinski definition) is 3. The Morgan fingerprint density at radius 2 is 2.00 bits per heavy atom. The van der Waals surface area contributed by atoms with E-state index in [-0.39, 0.29) is 5.82 Å². The van der Waals surface area contributed by atoms with Gasteiger partial charge in [0.15, 0.2) is 0 Å². The second-order valence-corrected chi connectivity index (χ2v) is 4.17. The zero-order chi connectivity index (χ0) is 11.7. The number of nitrogens with one attached hydrogen (secondary N) is 1. The van der Waals surface area contributed by atoms with Crippen LogP contribution in [0.15, 0.2) is 36.7 Å². The molecule has 0 saturated carbocycles. The van der Waals surface area contributed by atoms with E-state index in [0.717, 1.165) is 23.7 Å². The van der Waals surface area contributed by atoms with Crippen molar-refractivity contribution in [3.63, 3.8) is 0 Å². The molecule has 1 heterocycles. The summed E-state index contributed by atoms with van der Waals surface area (Å²) in [6.07, 6.45) is 7.76. The molecule has 0 amide bonds. The lowest BCUT2D eigenvalue weighted by molar-refractivity contribution is 0.629. The highest BCUT2D eigenvalue weighted by molar-refractivity contribution is 5.88. The van der Waals surface area contributed by atoms with Gasteiger partial charge in [-0.25, -0.2) is 14.4 Å². The normalized spacial score (nSPS) is 15.6. The van der Waals surface area contributed by atoms with E-state index in [0.29, 0.717) is 11.9 Å². The molecule has 1 aromatic carbocycles. The number of fused-ring (bicyclic) bond motifs is 1. The first kappa shape index (κ1) is 10.2. The zero-order valence-corrected chi connectivity index (χ0v) is 9.23. The summed E-state index contributed by atoms with van der Waals surface area (Å²) in [6, 6.07) is 4.91. The Labute approximate surface area is 98.4 Å². The van der Waals surface area contributed by atoms with E-state index in [1.807, 2.05) is 0 Å². The molecule has 0 saturated heterocycles. The number of aromatic nitrogens is 2. The number of hydrogen-bond donors (Lipinski definition) is 1. The number of benzene rings is 1. The maximum absolute atomic E-state index is 13.2. The van der Waals surface area contributed by atoms with Crippen molar-refractivity contribution in [3.8, 4) is 0 Å². The van der Waals surface area contributed by atoms with Crippen LogP contribution in [0.25, 0.3) is 10.9 Å². The fraction of sp³-hybridized carbons (Fsp3) is 0.231. The fourth-order valence-corrected chi connectivity index (χ4v) is 2.07. The average Bonchev–Trinajstić information content (AvgIpc) is 2.83. The van der Waals surface area contributed by atoms with Gasteiger partial charge in [0.2, 0.25) is 0 Å². The van der Waals surface area contributed by atoms with Crippen LogP contribution in [0.5, 0.6) is 0 Å². The van der Waals surface area contributed by atoms with Crippen LogP contribution in [0.4, 0.5) is 10.2 Å². The van der Waals surface area contributed by atoms with Crippen molar-refractivity contribution in [2.24, 2.45) is 0 Å². The largest absolute Gasteiger partial charge is 0.366 e. The predicted molar refractivity (Wildman–Crippen MR) is 65.3 cm³/mol. The van der Waals surface area contributed by atoms with Crippen LogP contribution in [0.2, 0.25) is 0 Å². The van der Waals surface area contributed by atoms with Crippen molar-refractivity contribution in [2.45, 2.75) is 18.9 Å². The summed E-state index contributed by atoms with van der Waals surface area (Å²) < 4.78 is 13.2. The Morgan fingerprint density at radius 3 is 2.82 bits per heavy atom. The van der Waals surface area contributed by atoms with Gasteiger partial charge in [-0.15, -0.1) is 0 Å².